The standard InChI is InChI=1S/C22H18I2N2O5S/c1-14-2-8-18(9-3-14)32(29,30)26-25-12-16-10-19(23)21(20(24)11-16)31-13-15-4-6-17(7-5-15)22(27)28/h2-12,26H,13H2,1H3,(H,27,28)/b25-12-. The van der Waals surface area contributed by atoms with Gasteiger partial charge >= 0.3 is 5.97 Å². The van der Waals surface area contributed by atoms with E-state index in [1.165, 1.54) is 30.5 Å². The highest BCUT2D eigenvalue weighted by molar-refractivity contribution is 14.1. The normalized spacial score (nSPS) is 11.5. The van der Waals surface area contributed by atoms with Crippen LogP contribution in [-0.2, 0) is 16.6 Å². The Balaban J connectivity index is 1.67. The molecule has 0 amide bonds. The van der Waals surface area contributed by atoms with Gasteiger partial charge in [-0.1, -0.05) is 29.8 Å². The minimum atomic E-state index is -3.74. The second-order valence-corrected chi connectivity index (χ2v) is 10.8. The third-order valence-corrected chi connectivity index (χ3v) is 7.16. The summed E-state index contributed by atoms with van der Waals surface area (Å²) in [5, 5.41) is 12.9. The predicted octanol–water partition coefficient (Wildman–Crippen LogP) is 4.79. The van der Waals surface area contributed by atoms with Crippen molar-refractivity contribution in [2.45, 2.75) is 18.4 Å². The molecule has 0 saturated heterocycles. The van der Waals surface area contributed by atoms with Gasteiger partial charge in [0.1, 0.15) is 12.4 Å². The van der Waals surface area contributed by atoms with E-state index < -0.39 is 16.0 Å². The van der Waals surface area contributed by atoms with Crippen LogP contribution in [0.4, 0.5) is 0 Å². The molecule has 0 heterocycles. The van der Waals surface area contributed by atoms with Gasteiger partial charge in [-0.05, 0) is 99.6 Å². The Morgan fingerprint density at radius 2 is 1.66 bits per heavy atom. The first-order chi connectivity index (χ1) is 15.2. The highest BCUT2D eigenvalue weighted by atomic mass is 127. The summed E-state index contributed by atoms with van der Waals surface area (Å²) >= 11 is 4.28. The minimum Gasteiger partial charge on any atom is -0.487 e. The van der Waals surface area contributed by atoms with Gasteiger partial charge in [0.15, 0.2) is 0 Å². The van der Waals surface area contributed by atoms with Gasteiger partial charge in [0.25, 0.3) is 10.0 Å². The molecule has 0 fully saturated rings. The summed E-state index contributed by atoms with van der Waals surface area (Å²) in [6, 6.07) is 16.7. The van der Waals surface area contributed by atoms with Gasteiger partial charge in [0.2, 0.25) is 0 Å². The fourth-order valence-corrected chi connectivity index (χ4v) is 5.55. The van der Waals surface area contributed by atoms with E-state index in [0.717, 1.165) is 18.3 Å². The van der Waals surface area contributed by atoms with Gasteiger partial charge in [0.05, 0.1) is 23.8 Å². The first kappa shape index (κ1) is 24.5. The maximum absolute atomic E-state index is 12.3. The third kappa shape index (κ3) is 6.42. The Labute approximate surface area is 213 Å². The number of nitrogens with one attached hydrogen (secondary N) is 1. The van der Waals surface area contributed by atoms with E-state index in [1.54, 1.807) is 24.3 Å². The van der Waals surface area contributed by atoms with Crippen LogP contribution in [0, 0.1) is 14.1 Å². The smallest absolute Gasteiger partial charge is 0.335 e. The van der Waals surface area contributed by atoms with Gasteiger partial charge in [0, 0.05) is 0 Å². The number of aromatic carboxylic acids is 1. The molecule has 0 aliphatic carbocycles. The first-order valence-corrected chi connectivity index (χ1v) is 12.9. The number of rotatable bonds is 8. The molecule has 10 heteroatoms. The van der Waals surface area contributed by atoms with E-state index in [1.807, 2.05) is 19.1 Å². The molecule has 0 aromatic heterocycles. The average Bonchev–Trinajstić information content (AvgIpc) is 2.73. The molecule has 3 aromatic rings. The van der Waals surface area contributed by atoms with Crippen LogP contribution < -0.4 is 9.57 Å². The summed E-state index contributed by atoms with van der Waals surface area (Å²) in [5.74, 6) is -0.286. The number of hydrogen-bond acceptors (Lipinski definition) is 5. The summed E-state index contributed by atoms with van der Waals surface area (Å²) in [7, 11) is -3.74. The van der Waals surface area contributed by atoms with Crippen molar-refractivity contribution in [2.75, 3.05) is 0 Å². The quantitative estimate of drug-likeness (QED) is 0.203. The van der Waals surface area contributed by atoms with Crippen molar-refractivity contribution in [3.05, 3.63) is 90.1 Å². The molecule has 0 aliphatic heterocycles. The molecule has 0 bridgehead atoms. The molecule has 0 aliphatic rings. The summed E-state index contributed by atoms with van der Waals surface area (Å²) in [6.45, 7) is 2.17. The predicted molar refractivity (Wildman–Crippen MR) is 139 cm³/mol. The molecule has 32 heavy (non-hydrogen) atoms. The molecule has 7 nitrogen and oxygen atoms in total. The zero-order chi connectivity index (χ0) is 23.3. The number of hydrogen-bond donors (Lipinski definition) is 2. The van der Waals surface area contributed by atoms with Crippen molar-refractivity contribution >= 4 is 67.4 Å². The van der Waals surface area contributed by atoms with E-state index in [9.17, 15) is 13.2 Å². The SMILES string of the molecule is Cc1ccc(S(=O)(=O)N/N=C\c2cc(I)c(OCc3ccc(C(=O)O)cc3)c(I)c2)cc1. The van der Waals surface area contributed by atoms with Crippen LogP contribution in [0.25, 0.3) is 0 Å². The fraction of sp³-hybridized carbons (Fsp3) is 0.0909. The lowest BCUT2D eigenvalue weighted by atomic mass is 10.1. The highest BCUT2D eigenvalue weighted by Gasteiger charge is 2.13. The summed E-state index contributed by atoms with van der Waals surface area (Å²) in [5.41, 5.74) is 2.75. The van der Waals surface area contributed by atoms with Gasteiger partial charge in [-0.2, -0.15) is 13.5 Å². The molecule has 3 aromatic carbocycles. The number of carboxylic acids is 1. The van der Waals surface area contributed by atoms with Crippen molar-refractivity contribution in [1.82, 2.24) is 4.83 Å². The zero-order valence-electron chi connectivity index (χ0n) is 16.7. The van der Waals surface area contributed by atoms with Gasteiger partial charge in [-0.3, -0.25) is 0 Å². The summed E-state index contributed by atoms with van der Waals surface area (Å²) in [4.78, 5) is 13.3. The van der Waals surface area contributed by atoms with Crippen molar-refractivity contribution in [3.8, 4) is 5.75 Å². The van der Waals surface area contributed by atoms with Crippen LogP contribution in [0.1, 0.15) is 27.0 Å². The number of hydrazone groups is 1. The van der Waals surface area contributed by atoms with Crippen LogP contribution in [0.15, 0.2) is 70.7 Å². The van der Waals surface area contributed by atoms with Gasteiger partial charge in [-0.25, -0.2) is 9.63 Å². The van der Waals surface area contributed by atoms with E-state index in [-0.39, 0.29) is 17.1 Å². The van der Waals surface area contributed by atoms with Crippen LogP contribution in [0.3, 0.4) is 0 Å². The third-order valence-electron chi connectivity index (χ3n) is 4.32. The minimum absolute atomic E-state index is 0.143. The highest BCUT2D eigenvalue weighted by Crippen LogP contribution is 2.29. The van der Waals surface area contributed by atoms with E-state index >= 15 is 0 Å². The van der Waals surface area contributed by atoms with Crippen LogP contribution >= 0.6 is 45.2 Å². The van der Waals surface area contributed by atoms with Crippen molar-refractivity contribution in [2.24, 2.45) is 5.10 Å². The lowest BCUT2D eigenvalue weighted by Crippen LogP contribution is -2.18. The molecule has 166 valence electrons. The van der Waals surface area contributed by atoms with Crippen molar-refractivity contribution in [3.63, 3.8) is 0 Å². The number of halogens is 2. The van der Waals surface area contributed by atoms with Crippen LogP contribution in [0.5, 0.6) is 5.75 Å². The number of nitrogens with zero attached hydrogens (tertiary/aromatic N) is 1. The molecular weight excluding hydrogens is 658 g/mol. The number of benzene rings is 3. The monoisotopic (exact) mass is 676 g/mol. The number of ether oxygens (including phenoxy) is 1. The molecule has 0 saturated carbocycles. The van der Waals surface area contributed by atoms with E-state index in [0.29, 0.717) is 11.3 Å². The molecular formula is C22H18I2N2O5S. The Kier molecular flexibility index (Phi) is 8.11. The lowest BCUT2D eigenvalue weighted by Gasteiger charge is -2.11. The average molecular weight is 676 g/mol. The maximum atomic E-state index is 12.3. The number of carbonyl (C=O) groups is 1. The summed E-state index contributed by atoms with van der Waals surface area (Å²) < 4.78 is 32.2. The molecule has 0 spiro atoms. The molecule has 3 rings (SSSR count). The Morgan fingerprint density at radius 3 is 2.22 bits per heavy atom. The molecule has 0 unspecified atom stereocenters. The Morgan fingerprint density at radius 1 is 1.06 bits per heavy atom. The van der Waals surface area contributed by atoms with Crippen molar-refractivity contribution in [1.29, 1.82) is 0 Å². The van der Waals surface area contributed by atoms with E-state index in [2.05, 4.69) is 55.1 Å². The van der Waals surface area contributed by atoms with Crippen LogP contribution in [0.2, 0.25) is 0 Å². The second-order valence-electron chi connectivity index (χ2n) is 6.77. The number of sulfonamides is 1. The maximum Gasteiger partial charge on any atom is 0.335 e. The van der Waals surface area contributed by atoms with Gasteiger partial charge in [-0.15, -0.1) is 0 Å². The summed E-state index contributed by atoms with van der Waals surface area (Å²) in [6.07, 6.45) is 1.43. The lowest BCUT2D eigenvalue weighted by molar-refractivity contribution is 0.0697. The van der Waals surface area contributed by atoms with E-state index in [4.69, 9.17) is 9.84 Å². The largest absolute Gasteiger partial charge is 0.487 e. The number of aryl methyl sites for hydroxylation is 1. The Bertz CT molecular complexity index is 1240. The topological polar surface area (TPSA) is 105 Å². The zero-order valence-corrected chi connectivity index (χ0v) is 21.9. The number of carboxylic acid groups (broad SMARTS) is 1. The second kappa shape index (κ2) is 10.6. The van der Waals surface area contributed by atoms with Gasteiger partial charge < -0.3 is 9.84 Å². The molecule has 2 N–H and O–H groups in total. The Hall–Kier alpha value is -2.19. The van der Waals surface area contributed by atoms with Crippen molar-refractivity contribution < 1.29 is 23.1 Å². The van der Waals surface area contributed by atoms with Crippen LogP contribution in [-0.4, -0.2) is 25.7 Å². The molecule has 0 atom stereocenters. The first-order valence-electron chi connectivity index (χ1n) is 9.21. The fourth-order valence-electron chi connectivity index (χ4n) is 2.63. The molecule has 0 radical (unpaired) electrons.